The summed E-state index contributed by atoms with van der Waals surface area (Å²) in [5.41, 5.74) is 8.47. The van der Waals surface area contributed by atoms with Crippen molar-refractivity contribution < 1.29 is 28.9 Å². The smallest absolute Gasteiger partial charge is 0.303 e. The maximum Gasteiger partial charge on any atom is 0.303 e. The van der Waals surface area contributed by atoms with Crippen LogP contribution in [0.2, 0.25) is 0 Å². The van der Waals surface area contributed by atoms with E-state index < -0.39 is 36.5 Å². The first kappa shape index (κ1) is 15.2. The van der Waals surface area contributed by atoms with Crippen LogP contribution in [0.4, 0.5) is 0 Å². The predicted octanol–water partition coefficient (Wildman–Crippen LogP) is 0.267. The first-order valence-corrected chi connectivity index (χ1v) is 5.62. The minimum atomic E-state index is -1.18. The number of nitrogens with zero attached hydrogens (tertiary/aromatic N) is 3. The van der Waals surface area contributed by atoms with Crippen molar-refractivity contribution in [1.82, 2.24) is 0 Å². The second kappa shape index (κ2) is 6.93. The Bertz CT molecular complexity index is 395. The van der Waals surface area contributed by atoms with Crippen molar-refractivity contribution in [2.75, 3.05) is 6.61 Å². The van der Waals surface area contributed by atoms with Crippen molar-refractivity contribution in [3.05, 3.63) is 10.4 Å². The molecule has 0 bridgehead atoms. The van der Waals surface area contributed by atoms with Crippen molar-refractivity contribution in [2.45, 2.75) is 44.8 Å². The molecule has 0 amide bonds. The number of ether oxygens (including phenoxy) is 3. The Hall–Kier alpha value is -1.83. The molecule has 1 rings (SSSR count). The van der Waals surface area contributed by atoms with Crippen LogP contribution in [-0.4, -0.2) is 48.2 Å². The van der Waals surface area contributed by atoms with Crippen LogP contribution in [0.25, 0.3) is 10.4 Å². The van der Waals surface area contributed by atoms with E-state index in [1.807, 2.05) is 0 Å². The number of hydrogen-bond donors (Lipinski definition) is 1. The minimum Gasteiger partial charge on any atom is -0.463 e. The summed E-state index contributed by atoms with van der Waals surface area (Å²) >= 11 is 0. The van der Waals surface area contributed by atoms with E-state index >= 15 is 0 Å². The first-order valence-electron chi connectivity index (χ1n) is 5.62. The molecule has 0 aromatic heterocycles. The number of aliphatic hydroxyl groups excluding tert-OH is 1. The molecule has 106 valence electrons. The topological polar surface area (TPSA) is 131 Å². The van der Waals surface area contributed by atoms with E-state index in [0.717, 1.165) is 0 Å². The molecular formula is C10H15N3O6. The van der Waals surface area contributed by atoms with E-state index in [1.54, 1.807) is 0 Å². The Labute approximate surface area is 109 Å². The number of esters is 2. The Balaban J connectivity index is 2.83. The summed E-state index contributed by atoms with van der Waals surface area (Å²) in [4.78, 5) is 24.5. The molecule has 1 heterocycles. The van der Waals surface area contributed by atoms with Crippen molar-refractivity contribution in [1.29, 1.82) is 0 Å². The number of rotatable bonds is 4. The van der Waals surface area contributed by atoms with Gasteiger partial charge in [0.1, 0.15) is 18.8 Å². The molecule has 0 aromatic carbocycles. The molecule has 1 unspecified atom stereocenters. The minimum absolute atomic E-state index is 0.00141. The lowest BCUT2D eigenvalue weighted by molar-refractivity contribution is -0.225. The van der Waals surface area contributed by atoms with Gasteiger partial charge in [0.15, 0.2) is 6.29 Å². The SMILES string of the molecule is CC(=O)OC[C@H]1OC(O)C[C@@H](N=[N+]=[N-])[C@@H]1OC(C)=O. The van der Waals surface area contributed by atoms with Gasteiger partial charge < -0.3 is 19.3 Å². The first-order chi connectivity index (χ1) is 8.93. The molecule has 1 aliphatic rings. The highest BCUT2D eigenvalue weighted by atomic mass is 16.6. The van der Waals surface area contributed by atoms with Gasteiger partial charge in [-0.1, -0.05) is 5.11 Å². The molecule has 0 aliphatic carbocycles. The number of hydrogen-bond acceptors (Lipinski definition) is 7. The summed E-state index contributed by atoms with van der Waals surface area (Å²) in [5.74, 6) is -1.12. The zero-order chi connectivity index (χ0) is 14.4. The van der Waals surface area contributed by atoms with Crippen LogP contribution >= 0.6 is 0 Å². The lowest BCUT2D eigenvalue weighted by Crippen LogP contribution is -2.51. The van der Waals surface area contributed by atoms with Gasteiger partial charge in [0, 0.05) is 25.2 Å². The van der Waals surface area contributed by atoms with Gasteiger partial charge in [-0.15, -0.1) is 0 Å². The molecule has 9 heteroatoms. The van der Waals surface area contributed by atoms with E-state index in [9.17, 15) is 14.7 Å². The number of aliphatic hydroxyl groups is 1. The monoisotopic (exact) mass is 273 g/mol. The fraction of sp³-hybridized carbons (Fsp3) is 0.800. The predicted molar refractivity (Wildman–Crippen MR) is 60.6 cm³/mol. The zero-order valence-electron chi connectivity index (χ0n) is 10.6. The van der Waals surface area contributed by atoms with Gasteiger partial charge in [0.05, 0.1) is 6.04 Å². The van der Waals surface area contributed by atoms with Crippen molar-refractivity contribution in [3.63, 3.8) is 0 Å². The van der Waals surface area contributed by atoms with Crippen molar-refractivity contribution in [2.24, 2.45) is 5.11 Å². The van der Waals surface area contributed by atoms with Crippen LogP contribution in [-0.2, 0) is 23.8 Å². The van der Waals surface area contributed by atoms with Crippen LogP contribution in [0.3, 0.4) is 0 Å². The summed E-state index contributed by atoms with van der Waals surface area (Å²) in [6.07, 6.45) is -2.97. The molecular weight excluding hydrogens is 258 g/mol. The normalized spacial score (nSPS) is 30.1. The second-order valence-corrected chi connectivity index (χ2v) is 4.01. The molecule has 19 heavy (non-hydrogen) atoms. The average Bonchev–Trinajstić information content (AvgIpc) is 2.30. The highest BCUT2D eigenvalue weighted by molar-refractivity contribution is 5.66. The van der Waals surface area contributed by atoms with Crippen LogP contribution < -0.4 is 0 Å². The fourth-order valence-electron chi connectivity index (χ4n) is 1.78. The molecule has 0 spiro atoms. The Morgan fingerprint density at radius 3 is 2.68 bits per heavy atom. The van der Waals surface area contributed by atoms with Gasteiger partial charge in [0.2, 0.25) is 0 Å². The molecule has 4 atom stereocenters. The maximum absolute atomic E-state index is 11.0. The largest absolute Gasteiger partial charge is 0.463 e. The Morgan fingerprint density at radius 1 is 1.47 bits per heavy atom. The number of carbonyl (C=O) groups is 2. The fourth-order valence-corrected chi connectivity index (χ4v) is 1.78. The summed E-state index contributed by atoms with van der Waals surface area (Å²) in [5, 5.41) is 13.0. The van der Waals surface area contributed by atoms with Gasteiger partial charge in [-0.3, -0.25) is 9.59 Å². The summed E-state index contributed by atoms with van der Waals surface area (Å²) < 4.78 is 14.9. The summed E-state index contributed by atoms with van der Waals surface area (Å²) in [7, 11) is 0. The molecule has 9 nitrogen and oxygen atoms in total. The van der Waals surface area contributed by atoms with E-state index in [-0.39, 0.29) is 13.0 Å². The molecule has 1 fully saturated rings. The lowest BCUT2D eigenvalue weighted by Gasteiger charge is -2.37. The van der Waals surface area contributed by atoms with Gasteiger partial charge in [-0.05, 0) is 5.53 Å². The third-order valence-corrected chi connectivity index (χ3v) is 2.47. The van der Waals surface area contributed by atoms with Crippen LogP contribution in [0.1, 0.15) is 20.3 Å². The van der Waals surface area contributed by atoms with Crippen LogP contribution in [0.15, 0.2) is 5.11 Å². The number of azide groups is 1. The molecule has 0 radical (unpaired) electrons. The highest BCUT2D eigenvalue weighted by Crippen LogP contribution is 2.25. The standard InChI is InChI=1S/C10H15N3O6/c1-5(14)17-4-8-10(18-6(2)15)7(12-13-11)3-9(16)19-8/h7-10,16H,3-4H2,1-2H3/t7-,8-,9?,10+/m1/s1. The maximum atomic E-state index is 11.0. The van der Waals surface area contributed by atoms with Crippen molar-refractivity contribution >= 4 is 11.9 Å². The Kier molecular flexibility index (Phi) is 5.56. The van der Waals surface area contributed by atoms with Crippen LogP contribution in [0, 0.1) is 0 Å². The average molecular weight is 273 g/mol. The molecule has 1 aliphatic heterocycles. The molecule has 0 aromatic rings. The highest BCUT2D eigenvalue weighted by Gasteiger charge is 2.40. The van der Waals surface area contributed by atoms with E-state index in [4.69, 9.17) is 19.7 Å². The van der Waals surface area contributed by atoms with Crippen molar-refractivity contribution in [3.8, 4) is 0 Å². The lowest BCUT2D eigenvalue weighted by atomic mass is 9.99. The quantitative estimate of drug-likeness (QED) is 0.338. The van der Waals surface area contributed by atoms with Gasteiger partial charge in [-0.2, -0.15) is 0 Å². The van der Waals surface area contributed by atoms with Crippen LogP contribution in [0.5, 0.6) is 0 Å². The zero-order valence-corrected chi connectivity index (χ0v) is 10.6. The summed E-state index contributed by atoms with van der Waals surface area (Å²) in [6.45, 7) is 2.20. The molecule has 0 saturated carbocycles. The third kappa shape index (κ3) is 4.74. The van der Waals surface area contributed by atoms with E-state index in [1.165, 1.54) is 13.8 Å². The third-order valence-electron chi connectivity index (χ3n) is 2.47. The molecule has 1 N–H and O–H groups in total. The van der Waals surface area contributed by atoms with Gasteiger partial charge in [-0.25, -0.2) is 0 Å². The van der Waals surface area contributed by atoms with Gasteiger partial charge in [0.25, 0.3) is 0 Å². The van der Waals surface area contributed by atoms with Gasteiger partial charge >= 0.3 is 11.9 Å². The van der Waals surface area contributed by atoms with E-state index in [0.29, 0.717) is 0 Å². The summed E-state index contributed by atoms with van der Waals surface area (Å²) in [6, 6.07) is -0.779. The number of carbonyl (C=O) groups excluding carboxylic acids is 2. The molecule has 1 saturated heterocycles. The second-order valence-electron chi connectivity index (χ2n) is 4.01. The van der Waals surface area contributed by atoms with E-state index in [2.05, 4.69) is 10.0 Å². The Morgan fingerprint density at radius 2 is 2.16 bits per heavy atom.